The second kappa shape index (κ2) is 9.85. The minimum absolute atomic E-state index is 0.0670. The molecule has 1 rings (SSSR count). The fourth-order valence-corrected chi connectivity index (χ4v) is 1.90. The first-order valence-electron chi connectivity index (χ1n) is 7.38. The number of rotatable bonds is 8. The number of hydrogen-bond acceptors (Lipinski definition) is 7. The summed E-state index contributed by atoms with van der Waals surface area (Å²) in [4.78, 5) is 44.9. The number of carbonyl (C=O) groups excluding carboxylic acids is 3. The lowest BCUT2D eigenvalue weighted by Gasteiger charge is -2.17. The van der Waals surface area contributed by atoms with Gasteiger partial charge in [0.1, 0.15) is 12.6 Å². The number of nitro groups is 1. The summed E-state index contributed by atoms with van der Waals surface area (Å²) in [7, 11) is 1.17. The van der Waals surface area contributed by atoms with E-state index in [0.29, 0.717) is 5.56 Å². The van der Waals surface area contributed by atoms with E-state index in [9.17, 15) is 24.5 Å². The third-order valence-corrected chi connectivity index (χ3v) is 3.08. The van der Waals surface area contributed by atoms with E-state index < -0.39 is 28.9 Å². The maximum Gasteiger partial charge on any atom is 0.328 e. The summed E-state index contributed by atoms with van der Waals surface area (Å²) in [6.45, 7) is 1.48. The van der Waals surface area contributed by atoms with Crippen molar-refractivity contribution in [2.24, 2.45) is 0 Å². The topological polar surface area (TPSA) is 137 Å². The van der Waals surface area contributed by atoms with Crippen molar-refractivity contribution in [1.29, 1.82) is 0 Å². The predicted molar refractivity (Wildman–Crippen MR) is 85.8 cm³/mol. The van der Waals surface area contributed by atoms with Crippen LogP contribution in [0.3, 0.4) is 0 Å². The number of nitrogens with one attached hydrogen (secondary N) is 2. The van der Waals surface area contributed by atoms with Crippen LogP contribution in [-0.2, 0) is 25.5 Å². The zero-order chi connectivity index (χ0) is 18.8. The molecule has 25 heavy (non-hydrogen) atoms. The van der Waals surface area contributed by atoms with E-state index in [2.05, 4.69) is 20.1 Å². The van der Waals surface area contributed by atoms with Gasteiger partial charge in [-0.3, -0.25) is 14.9 Å². The molecule has 0 aromatic heterocycles. The van der Waals surface area contributed by atoms with Crippen molar-refractivity contribution in [1.82, 2.24) is 10.6 Å². The minimum Gasteiger partial charge on any atom is -0.467 e. The van der Waals surface area contributed by atoms with Gasteiger partial charge in [0, 0.05) is 18.6 Å². The highest BCUT2D eigenvalue weighted by molar-refractivity contribution is 5.85. The van der Waals surface area contributed by atoms with Gasteiger partial charge in [0.25, 0.3) is 5.69 Å². The van der Waals surface area contributed by atoms with E-state index >= 15 is 0 Å². The van der Waals surface area contributed by atoms with Gasteiger partial charge in [0.15, 0.2) is 0 Å². The second-order valence-electron chi connectivity index (χ2n) is 4.84. The van der Waals surface area contributed by atoms with Crippen molar-refractivity contribution in [2.45, 2.75) is 19.4 Å². The molecule has 10 nitrogen and oxygen atoms in total. The molecule has 136 valence electrons. The van der Waals surface area contributed by atoms with Crippen molar-refractivity contribution in [3.63, 3.8) is 0 Å². The number of carbonyl (C=O) groups is 3. The number of benzene rings is 1. The zero-order valence-corrected chi connectivity index (χ0v) is 13.8. The standard InChI is InChI=1S/C15H19N3O7/c1-3-25-13(19)9-16-15(21)17-12(14(20)24-2)8-10-4-6-11(7-5-10)18(22)23/h4-7,12H,3,8-9H2,1-2H3,(H2,16,17,21)/t12-/m0/s1. The molecule has 0 aliphatic rings. The van der Waals surface area contributed by atoms with Crippen LogP contribution < -0.4 is 10.6 Å². The summed E-state index contributed by atoms with van der Waals surface area (Å²) in [6, 6.07) is 3.78. The first-order chi connectivity index (χ1) is 11.9. The molecule has 2 amide bonds. The molecule has 1 aromatic rings. The molecule has 1 aromatic carbocycles. The number of esters is 2. The molecule has 0 saturated heterocycles. The molecule has 10 heteroatoms. The van der Waals surface area contributed by atoms with Crippen molar-refractivity contribution in [2.75, 3.05) is 20.3 Å². The van der Waals surface area contributed by atoms with Gasteiger partial charge in [0.2, 0.25) is 0 Å². The van der Waals surface area contributed by atoms with E-state index in [1.165, 1.54) is 31.4 Å². The molecule has 0 spiro atoms. The SMILES string of the molecule is CCOC(=O)CNC(=O)N[C@@H](Cc1ccc([N+](=O)[O-])cc1)C(=O)OC. The number of non-ortho nitro benzene ring substituents is 1. The maximum absolute atomic E-state index is 11.8. The van der Waals surface area contributed by atoms with Gasteiger partial charge in [-0.1, -0.05) is 12.1 Å². The lowest BCUT2D eigenvalue weighted by atomic mass is 10.1. The van der Waals surface area contributed by atoms with E-state index in [1.807, 2.05) is 0 Å². The predicted octanol–water partition coefficient (Wildman–Crippen LogP) is 0.541. The fourth-order valence-electron chi connectivity index (χ4n) is 1.90. The van der Waals surface area contributed by atoms with Crippen molar-refractivity contribution < 1.29 is 28.8 Å². The van der Waals surface area contributed by atoms with Crippen LogP contribution in [0.25, 0.3) is 0 Å². The minimum atomic E-state index is -1.02. The Hall–Kier alpha value is -3.17. The number of nitro benzene ring substituents is 1. The zero-order valence-electron chi connectivity index (χ0n) is 13.8. The Morgan fingerprint density at radius 2 is 1.88 bits per heavy atom. The second-order valence-corrected chi connectivity index (χ2v) is 4.84. The molecular weight excluding hydrogens is 334 g/mol. The maximum atomic E-state index is 11.8. The Balaban J connectivity index is 2.67. The highest BCUT2D eigenvalue weighted by Gasteiger charge is 2.22. The van der Waals surface area contributed by atoms with Gasteiger partial charge in [0.05, 0.1) is 18.6 Å². The molecule has 2 N–H and O–H groups in total. The average molecular weight is 353 g/mol. The van der Waals surface area contributed by atoms with Gasteiger partial charge < -0.3 is 20.1 Å². The first kappa shape index (κ1) is 19.9. The van der Waals surface area contributed by atoms with E-state index in [0.717, 1.165) is 0 Å². The van der Waals surface area contributed by atoms with Gasteiger partial charge in [-0.05, 0) is 12.5 Å². The number of nitrogens with zero attached hydrogens (tertiary/aromatic N) is 1. The lowest BCUT2D eigenvalue weighted by Crippen LogP contribution is -2.48. The molecule has 1 atom stereocenters. The van der Waals surface area contributed by atoms with Crippen LogP contribution in [0, 0.1) is 10.1 Å². The summed E-state index contributed by atoms with van der Waals surface area (Å²) >= 11 is 0. The molecule has 0 bridgehead atoms. The van der Waals surface area contributed by atoms with Crippen LogP contribution >= 0.6 is 0 Å². The number of urea groups is 1. The van der Waals surface area contributed by atoms with Gasteiger partial charge in [-0.25, -0.2) is 9.59 Å². The van der Waals surface area contributed by atoms with Crippen LogP contribution in [0.4, 0.5) is 10.5 Å². The Morgan fingerprint density at radius 3 is 2.40 bits per heavy atom. The third-order valence-electron chi connectivity index (χ3n) is 3.08. The van der Waals surface area contributed by atoms with Gasteiger partial charge in [-0.2, -0.15) is 0 Å². The van der Waals surface area contributed by atoms with Crippen LogP contribution in [0.15, 0.2) is 24.3 Å². The third kappa shape index (κ3) is 6.85. The average Bonchev–Trinajstić information content (AvgIpc) is 2.59. The summed E-state index contributed by atoms with van der Waals surface area (Å²) in [5.74, 6) is -1.30. The Kier molecular flexibility index (Phi) is 7.83. The Bertz CT molecular complexity index is 631. The van der Waals surface area contributed by atoms with Gasteiger partial charge in [-0.15, -0.1) is 0 Å². The summed E-state index contributed by atoms with van der Waals surface area (Å²) in [5.41, 5.74) is 0.505. The van der Waals surface area contributed by atoms with Crippen LogP contribution in [0.2, 0.25) is 0 Å². The Labute approximate surface area is 143 Å². The number of ether oxygens (including phenoxy) is 2. The van der Waals surface area contributed by atoms with Crippen molar-refractivity contribution in [3.8, 4) is 0 Å². The highest BCUT2D eigenvalue weighted by atomic mass is 16.6. The molecule has 0 aliphatic heterocycles. The fraction of sp³-hybridized carbons (Fsp3) is 0.400. The Morgan fingerprint density at radius 1 is 1.24 bits per heavy atom. The molecule has 0 saturated carbocycles. The first-order valence-corrected chi connectivity index (χ1v) is 7.38. The molecule has 0 fully saturated rings. The van der Waals surface area contributed by atoms with Gasteiger partial charge >= 0.3 is 18.0 Å². The molecule has 0 aliphatic carbocycles. The molecule has 0 radical (unpaired) electrons. The molecular formula is C15H19N3O7. The normalized spacial score (nSPS) is 11.1. The quantitative estimate of drug-likeness (QED) is 0.395. The number of methoxy groups -OCH3 is 1. The summed E-state index contributed by atoms with van der Waals surface area (Å²) < 4.78 is 9.29. The van der Waals surface area contributed by atoms with E-state index in [4.69, 9.17) is 0 Å². The summed E-state index contributed by atoms with van der Waals surface area (Å²) in [6.07, 6.45) is 0.0670. The molecule has 0 unspecified atom stereocenters. The van der Waals surface area contributed by atoms with E-state index in [1.54, 1.807) is 6.92 Å². The number of hydrogen-bond donors (Lipinski definition) is 2. The smallest absolute Gasteiger partial charge is 0.328 e. The largest absolute Gasteiger partial charge is 0.467 e. The van der Waals surface area contributed by atoms with E-state index in [-0.39, 0.29) is 25.3 Å². The van der Waals surface area contributed by atoms with Crippen molar-refractivity contribution >= 4 is 23.7 Å². The molecule has 0 heterocycles. The summed E-state index contributed by atoms with van der Waals surface area (Å²) in [5, 5.41) is 15.3. The van der Waals surface area contributed by atoms with Crippen LogP contribution in [0.5, 0.6) is 0 Å². The van der Waals surface area contributed by atoms with Crippen LogP contribution in [0.1, 0.15) is 12.5 Å². The monoisotopic (exact) mass is 353 g/mol. The highest BCUT2D eigenvalue weighted by Crippen LogP contribution is 2.13. The van der Waals surface area contributed by atoms with Crippen LogP contribution in [-0.4, -0.2) is 49.2 Å². The number of amides is 2. The lowest BCUT2D eigenvalue weighted by molar-refractivity contribution is -0.384. The van der Waals surface area contributed by atoms with Crippen molar-refractivity contribution in [3.05, 3.63) is 39.9 Å².